The zero-order chi connectivity index (χ0) is 17.1. The molecule has 0 aliphatic carbocycles. The Bertz CT molecular complexity index is 770. The Kier molecular flexibility index (Phi) is 4.63. The molecule has 1 saturated heterocycles. The fourth-order valence-corrected chi connectivity index (χ4v) is 2.96. The summed E-state index contributed by atoms with van der Waals surface area (Å²) in [4.78, 5) is 29.7. The molecule has 1 aromatic heterocycles. The second-order valence-corrected chi connectivity index (χ2v) is 5.96. The van der Waals surface area contributed by atoms with Crippen LogP contribution in [0.2, 0.25) is 0 Å². The van der Waals surface area contributed by atoms with E-state index in [0.717, 1.165) is 11.3 Å². The van der Waals surface area contributed by atoms with Crippen molar-refractivity contribution in [3.8, 4) is 22.8 Å². The molecule has 2 aromatic rings. The van der Waals surface area contributed by atoms with Gasteiger partial charge in [-0.2, -0.15) is 0 Å². The summed E-state index contributed by atoms with van der Waals surface area (Å²) in [7, 11) is 0. The van der Waals surface area contributed by atoms with Crippen LogP contribution in [0.1, 0.15) is 0 Å². The molecule has 1 aliphatic heterocycles. The van der Waals surface area contributed by atoms with Crippen LogP contribution < -0.4 is 5.32 Å². The summed E-state index contributed by atoms with van der Waals surface area (Å²) in [5.74, 6) is -1.56. The van der Waals surface area contributed by atoms with Gasteiger partial charge in [0, 0.05) is 30.1 Å². The highest BCUT2D eigenvalue weighted by atomic mass is 32.1. The Balaban J connectivity index is 1.69. The summed E-state index contributed by atoms with van der Waals surface area (Å²) in [5, 5.41) is 23.5. The molecule has 2 amide bonds. The average molecular weight is 349 g/mol. The van der Waals surface area contributed by atoms with Gasteiger partial charge < -0.3 is 19.8 Å². The van der Waals surface area contributed by atoms with E-state index in [9.17, 15) is 19.8 Å². The number of aromatic hydroxyl groups is 2. The maximum absolute atomic E-state index is 12.0. The lowest BCUT2D eigenvalue weighted by Crippen LogP contribution is -2.45. The lowest BCUT2D eigenvalue weighted by Gasteiger charge is -2.25. The minimum Gasteiger partial charge on any atom is -0.508 e. The van der Waals surface area contributed by atoms with Crippen molar-refractivity contribution in [2.45, 2.75) is 0 Å². The molecule has 1 aromatic carbocycles. The lowest BCUT2D eigenvalue weighted by molar-refractivity contribution is -0.145. The van der Waals surface area contributed by atoms with Gasteiger partial charge in [-0.25, -0.2) is 4.98 Å². The van der Waals surface area contributed by atoms with E-state index in [-0.39, 0.29) is 16.6 Å². The molecule has 3 rings (SSSR count). The Morgan fingerprint density at radius 3 is 2.71 bits per heavy atom. The van der Waals surface area contributed by atoms with Crippen molar-refractivity contribution in [1.29, 1.82) is 0 Å². The van der Waals surface area contributed by atoms with Gasteiger partial charge >= 0.3 is 11.8 Å². The largest absolute Gasteiger partial charge is 0.508 e. The van der Waals surface area contributed by atoms with Gasteiger partial charge in [-0.05, 0) is 12.1 Å². The molecule has 126 valence electrons. The van der Waals surface area contributed by atoms with E-state index in [4.69, 9.17) is 4.74 Å². The van der Waals surface area contributed by atoms with Crippen LogP contribution in [-0.4, -0.2) is 58.2 Å². The number of benzene rings is 1. The van der Waals surface area contributed by atoms with E-state index in [1.807, 2.05) is 0 Å². The van der Waals surface area contributed by atoms with Crippen molar-refractivity contribution in [3.63, 3.8) is 0 Å². The Morgan fingerprint density at radius 1 is 1.25 bits per heavy atom. The van der Waals surface area contributed by atoms with Crippen molar-refractivity contribution >= 4 is 28.3 Å². The number of thiazole rings is 1. The minimum atomic E-state index is -0.757. The number of morpholine rings is 1. The smallest absolute Gasteiger partial charge is 0.315 e. The molecular formula is C15H15N3O5S. The SMILES string of the molecule is O=C(Nc1nc(-c2ccc(O)cc2O)cs1)C(=O)N1CCOCC1. The van der Waals surface area contributed by atoms with Crippen LogP contribution in [0, 0.1) is 0 Å². The number of rotatable bonds is 2. The van der Waals surface area contributed by atoms with Gasteiger partial charge in [-0.15, -0.1) is 11.3 Å². The number of carbonyl (C=O) groups excluding carboxylic acids is 2. The third-order valence-electron chi connectivity index (χ3n) is 3.47. The van der Waals surface area contributed by atoms with Crippen molar-refractivity contribution < 1.29 is 24.5 Å². The minimum absolute atomic E-state index is 0.0592. The average Bonchev–Trinajstić information content (AvgIpc) is 3.03. The number of nitrogens with one attached hydrogen (secondary N) is 1. The number of nitrogens with zero attached hydrogens (tertiary/aromatic N) is 2. The lowest BCUT2D eigenvalue weighted by atomic mass is 10.1. The fourth-order valence-electron chi connectivity index (χ4n) is 2.25. The van der Waals surface area contributed by atoms with Crippen LogP contribution in [0.15, 0.2) is 23.6 Å². The summed E-state index contributed by atoms with van der Waals surface area (Å²) in [6.07, 6.45) is 0. The Morgan fingerprint density at radius 2 is 2.00 bits per heavy atom. The first-order valence-electron chi connectivity index (χ1n) is 7.20. The first-order chi connectivity index (χ1) is 11.5. The van der Waals surface area contributed by atoms with Crippen molar-refractivity contribution in [3.05, 3.63) is 23.6 Å². The number of aromatic nitrogens is 1. The van der Waals surface area contributed by atoms with E-state index >= 15 is 0 Å². The van der Waals surface area contributed by atoms with Gasteiger partial charge in [-0.1, -0.05) is 0 Å². The highest BCUT2D eigenvalue weighted by Crippen LogP contribution is 2.33. The molecule has 0 saturated carbocycles. The summed E-state index contributed by atoms with van der Waals surface area (Å²) in [6, 6.07) is 4.15. The van der Waals surface area contributed by atoms with Crippen LogP contribution in [0.3, 0.4) is 0 Å². The van der Waals surface area contributed by atoms with Crippen molar-refractivity contribution in [1.82, 2.24) is 9.88 Å². The number of amides is 2. The first-order valence-corrected chi connectivity index (χ1v) is 8.08. The number of phenols is 2. The van der Waals surface area contributed by atoms with E-state index < -0.39 is 11.8 Å². The predicted molar refractivity (Wildman–Crippen MR) is 86.9 cm³/mol. The quantitative estimate of drug-likeness (QED) is 0.698. The maximum Gasteiger partial charge on any atom is 0.315 e. The fraction of sp³-hybridized carbons (Fsp3) is 0.267. The van der Waals surface area contributed by atoms with Gasteiger partial charge in [0.1, 0.15) is 11.5 Å². The van der Waals surface area contributed by atoms with Crippen LogP contribution in [-0.2, 0) is 14.3 Å². The number of anilines is 1. The molecule has 2 heterocycles. The molecule has 1 fully saturated rings. The number of phenolic OH excluding ortho intramolecular Hbond substituents is 2. The molecule has 0 unspecified atom stereocenters. The number of hydrogen-bond acceptors (Lipinski definition) is 7. The van der Waals surface area contributed by atoms with Crippen LogP contribution >= 0.6 is 11.3 Å². The second kappa shape index (κ2) is 6.85. The standard InChI is InChI=1S/C15H15N3O5S/c19-9-1-2-10(12(20)7-9)11-8-24-15(16-11)17-13(21)14(22)18-3-5-23-6-4-18/h1-2,7-8,19-20H,3-6H2,(H,16,17,21). The molecule has 0 bridgehead atoms. The molecule has 0 atom stereocenters. The monoisotopic (exact) mass is 349 g/mol. The molecular weight excluding hydrogens is 334 g/mol. The zero-order valence-corrected chi connectivity index (χ0v) is 13.4. The maximum atomic E-state index is 12.0. The zero-order valence-electron chi connectivity index (χ0n) is 12.6. The topological polar surface area (TPSA) is 112 Å². The summed E-state index contributed by atoms with van der Waals surface area (Å²) < 4.78 is 5.14. The first kappa shape index (κ1) is 16.2. The number of hydrogen-bond donors (Lipinski definition) is 3. The van der Waals surface area contributed by atoms with Gasteiger partial charge in [0.2, 0.25) is 0 Å². The molecule has 24 heavy (non-hydrogen) atoms. The van der Waals surface area contributed by atoms with Gasteiger partial charge in [0.05, 0.1) is 18.9 Å². The molecule has 8 nitrogen and oxygen atoms in total. The molecule has 1 aliphatic rings. The molecule has 3 N–H and O–H groups in total. The normalized spacial score (nSPS) is 14.4. The van der Waals surface area contributed by atoms with E-state index in [1.54, 1.807) is 5.38 Å². The van der Waals surface area contributed by atoms with Crippen LogP contribution in [0.4, 0.5) is 5.13 Å². The molecule has 0 radical (unpaired) electrons. The van der Waals surface area contributed by atoms with Gasteiger partial charge in [-0.3, -0.25) is 14.9 Å². The van der Waals surface area contributed by atoms with E-state index in [1.165, 1.54) is 23.1 Å². The predicted octanol–water partition coefficient (Wildman–Crippen LogP) is 1.02. The highest BCUT2D eigenvalue weighted by Gasteiger charge is 2.24. The van der Waals surface area contributed by atoms with Gasteiger partial charge in [0.25, 0.3) is 0 Å². The van der Waals surface area contributed by atoms with Crippen molar-refractivity contribution in [2.75, 3.05) is 31.6 Å². The highest BCUT2D eigenvalue weighted by molar-refractivity contribution is 7.14. The van der Waals surface area contributed by atoms with Gasteiger partial charge in [0.15, 0.2) is 5.13 Å². The summed E-state index contributed by atoms with van der Waals surface area (Å²) in [5.41, 5.74) is 0.857. The molecule has 0 spiro atoms. The van der Waals surface area contributed by atoms with Crippen LogP contribution in [0.5, 0.6) is 11.5 Å². The Labute approximate surface area is 141 Å². The van der Waals surface area contributed by atoms with Crippen LogP contribution in [0.25, 0.3) is 11.3 Å². The third-order valence-corrected chi connectivity index (χ3v) is 4.23. The van der Waals surface area contributed by atoms with E-state index in [0.29, 0.717) is 37.6 Å². The summed E-state index contributed by atoms with van der Waals surface area (Å²) >= 11 is 1.14. The third kappa shape index (κ3) is 3.47. The van der Waals surface area contributed by atoms with E-state index in [2.05, 4.69) is 10.3 Å². The number of carbonyl (C=O) groups is 2. The Hall–Kier alpha value is -2.65. The summed E-state index contributed by atoms with van der Waals surface area (Å²) in [6.45, 7) is 1.61. The van der Waals surface area contributed by atoms with Crippen molar-refractivity contribution in [2.24, 2.45) is 0 Å². The molecule has 9 heteroatoms. The number of ether oxygens (including phenoxy) is 1. The second-order valence-electron chi connectivity index (χ2n) is 5.10.